The Morgan fingerprint density at radius 3 is 2.53 bits per heavy atom. The van der Waals surface area contributed by atoms with Crippen molar-refractivity contribution in [3.63, 3.8) is 0 Å². The molecule has 0 amide bonds. The summed E-state index contributed by atoms with van der Waals surface area (Å²) in [5, 5.41) is 1.18. The largest absolute Gasteiger partial charge is 0.309 e. The van der Waals surface area contributed by atoms with Crippen molar-refractivity contribution in [3.8, 4) is 0 Å². The van der Waals surface area contributed by atoms with Gasteiger partial charge in [-0.2, -0.15) is 0 Å². The summed E-state index contributed by atoms with van der Waals surface area (Å²) in [4.78, 5) is 2.14. The molecular weight excluding hydrogens is 232 g/mol. The Kier molecular flexibility index (Phi) is 5.30. The van der Waals surface area contributed by atoms with Crippen LogP contribution in [-0.2, 0) is 0 Å². The summed E-state index contributed by atoms with van der Waals surface area (Å²) >= 11 is 0. The lowest BCUT2D eigenvalue weighted by Gasteiger charge is -2.16. The molecule has 0 aliphatic heterocycles. The highest BCUT2D eigenvalue weighted by molar-refractivity contribution is 7.22. The fraction of sp³-hybridized carbons (Fsp3) is 0.429. The van der Waals surface area contributed by atoms with E-state index in [0.717, 1.165) is 24.1 Å². The number of halogens is 1. The molecule has 0 bridgehead atoms. The Hall–Kier alpha value is -0.720. The van der Waals surface area contributed by atoms with Gasteiger partial charge in [0.2, 0.25) is 0 Å². The fourth-order valence-corrected chi connectivity index (χ4v) is 2.10. The molecule has 1 atom stereocenters. The molecule has 0 saturated carbocycles. The molecule has 0 saturated heterocycles. The quantitative estimate of drug-likeness (QED) is 0.740. The fourth-order valence-electron chi connectivity index (χ4n) is 1.80. The molecule has 0 aromatic heterocycles. The highest BCUT2D eigenvalue weighted by Crippen LogP contribution is 2.28. The van der Waals surface area contributed by atoms with Gasteiger partial charge in [-0.15, -0.1) is 9.24 Å². The lowest BCUT2D eigenvalue weighted by atomic mass is 9.97. The molecule has 0 fully saturated rings. The van der Waals surface area contributed by atoms with E-state index in [0.29, 0.717) is 0 Å². The second-order valence-electron chi connectivity index (χ2n) is 4.67. The van der Waals surface area contributed by atoms with E-state index in [4.69, 9.17) is 0 Å². The van der Waals surface area contributed by atoms with Crippen LogP contribution in [0.3, 0.4) is 0 Å². The van der Waals surface area contributed by atoms with Crippen molar-refractivity contribution in [2.45, 2.75) is 20.3 Å². The second kappa shape index (κ2) is 6.28. The van der Waals surface area contributed by atoms with Crippen LogP contribution < -0.4 is 0 Å². The first kappa shape index (κ1) is 14.3. The molecular formula is C14H21FNP. The van der Waals surface area contributed by atoms with Gasteiger partial charge in [0, 0.05) is 6.54 Å². The average molecular weight is 253 g/mol. The van der Waals surface area contributed by atoms with Crippen LogP contribution in [0.2, 0.25) is 0 Å². The van der Waals surface area contributed by atoms with Crippen molar-refractivity contribution in [2.75, 3.05) is 20.6 Å². The van der Waals surface area contributed by atoms with Crippen LogP contribution in [-0.4, -0.2) is 25.5 Å². The summed E-state index contributed by atoms with van der Waals surface area (Å²) in [6, 6.07) is 4.99. The molecule has 0 aliphatic carbocycles. The van der Waals surface area contributed by atoms with Gasteiger partial charge in [-0.3, -0.25) is 0 Å². The van der Waals surface area contributed by atoms with Crippen molar-refractivity contribution in [1.29, 1.82) is 0 Å². The smallest absolute Gasteiger partial charge is 0.123 e. The molecule has 1 aromatic rings. The van der Waals surface area contributed by atoms with E-state index < -0.39 is 0 Å². The van der Waals surface area contributed by atoms with Gasteiger partial charge in [-0.05, 0) is 63.2 Å². The first-order chi connectivity index (χ1) is 7.91. The second-order valence-corrected chi connectivity index (χ2v) is 5.54. The molecule has 0 radical (unpaired) electrons. The minimum atomic E-state index is -0.167. The normalized spacial score (nSPS) is 12.9. The van der Waals surface area contributed by atoms with Gasteiger partial charge in [0.05, 0.1) is 0 Å². The van der Waals surface area contributed by atoms with E-state index in [1.807, 2.05) is 27.1 Å². The van der Waals surface area contributed by atoms with E-state index in [-0.39, 0.29) is 5.82 Å². The minimum Gasteiger partial charge on any atom is -0.309 e. The third-order valence-corrected chi connectivity index (χ3v) is 3.16. The summed E-state index contributed by atoms with van der Waals surface area (Å²) in [5.74, 6) is -0.167. The van der Waals surface area contributed by atoms with E-state index in [1.165, 1.54) is 17.0 Å². The molecule has 0 spiro atoms. The molecule has 94 valence electrons. The zero-order valence-corrected chi connectivity index (χ0v) is 12.2. The van der Waals surface area contributed by atoms with E-state index in [1.54, 1.807) is 6.07 Å². The Bertz CT molecular complexity index is 420. The molecule has 0 heterocycles. The maximum atomic E-state index is 13.3. The average Bonchev–Trinajstić information content (AvgIpc) is 2.22. The Morgan fingerprint density at radius 2 is 2.00 bits per heavy atom. The number of aryl methyl sites for hydroxylation is 1. The van der Waals surface area contributed by atoms with Gasteiger partial charge in [0.15, 0.2) is 0 Å². The molecule has 17 heavy (non-hydrogen) atoms. The Balaban J connectivity index is 3.07. The number of rotatable bonds is 4. The Morgan fingerprint density at radius 1 is 1.35 bits per heavy atom. The minimum absolute atomic E-state index is 0.167. The van der Waals surface area contributed by atoms with Gasteiger partial charge in [0.25, 0.3) is 0 Å². The Labute approximate surface area is 106 Å². The van der Waals surface area contributed by atoms with Crippen LogP contribution >= 0.6 is 9.24 Å². The topological polar surface area (TPSA) is 3.24 Å². The molecule has 1 nitrogen and oxygen atoms in total. The summed E-state index contributed by atoms with van der Waals surface area (Å²) in [7, 11) is 6.83. The number of nitrogens with zero attached hydrogens (tertiary/aromatic N) is 1. The van der Waals surface area contributed by atoms with Gasteiger partial charge in [-0.1, -0.05) is 11.4 Å². The monoisotopic (exact) mass is 253 g/mol. The number of hydrogen-bond acceptors (Lipinski definition) is 1. The van der Waals surface area contributed by atoms with Gasteiger partial charge in [0.1, 0.15) is 5.82 Å². The highest BCUT2D eigenvalue weighted by Gasteiger charge is 2.09. The number of allylic oxidation sites excluding steroid dienone is 1. The summed E-state index contributed by atoms with van der Waals surface area (Å²) in [6.45, 7) is 5.05. The van der Waals surface area contributed by atoms with Crippen LogP contribution in [0.25, 0.3) is 5.57 Å². The van der Waals surface area contributed by atoms with Gasteiger partial charge in [-0.25, -0.2) is 4.39 Å². The van der Waals surface area contributed by atoms with Crippen LogP contribution in [0.1, 0.15) is 24.5 Å². The molecule has 3 heteroatoms. The molecule has 1 rings (SSSR count). The molecule has 0 aliphatic rings. The molecule has 1 unspecified atom stereocenters. The first-order valence-electron chi connectivity index (χ1n) is 5.78. The van der Waals surface area contributed by atoms with Crippen LogP contribution in [0.15, 0.2) is 23.5 Å². The van der Waals surface area contributed by atoms with Crippen LogP contribution in [0.4, 0.5) is 4.39 Å². The van der Waals surface area contributed by atoms with Gasteiger partial charge >= 0.3 is 0 Å². The zero-order valence-electron chi connectivity index (χ0n) is 11.0. The summed E-state index contributed by atoms with van der Waals surface area (Å²) in [6.07, 6.45) is 0.937. The maximum absolute atomic E-state index is 13.3. The van der Waals surface area contributed by atoms with E-state index in [9.17, 15) is 4.39 Å². The van der Waals surface area contributed by atoms with Crippen LogP contribution in [0, 0.1) is 12.7 Å². The highest BCUT2D eigenvalue weighted by atomic mass is 31.0. The van der Waals surface area contributed by atoms with E-state index in [2.05, 4.69) is 21.1 Å². The first-order valence-corrected chi connectivity index (χ1v) is 6.36. The predicted octanol–water partition coefficient (Wildman–Crippen LogP) is 3.69. The van der Waals surface area contributed by atoms with E-state index >= 15 is 0 Å². The van der Waals surface area contributed by atoms with Crippen molar-refractivity contribution in [3.05, 3.63) is 40.5 Å². The van der Waals surface area contributed by atoms with Crippen LogP contribution in [0.5, 0.6) is 0 Å². The van der Waals surface area contributed by atoms with Crippen molar-refractivity contribution < 1.29 is 4.39 Å². The van der Waals surface area contributed by atoms with Gasteiger partial charge < -0.3 is 4.90 Å². The van der Waals surface area contributed by atoms with Crippen molar-refractivity contribution in [1.82, 2.24) is 4.90 Å². The molecule has 1 aromatic carbocycles. The van der Waals surface area contributed by atoms with Crippen molar-refractivity contribution >= 4 is 14.8 Å². The zero-order chi connectivity index (χ0) is 13.0. The third-order valence-electron chi connectivity index (χ3n) is 2.81. The third kappa shape index (κ3) is 4.22. The number of benzene rings is 1. The standard InChI is InChI=1S/C14H21FNP/c1-10-5-6-12(15)9-14(10)13(11(2)17)7-8-16(3)4/h5-6,9H,7-8,17H2,1-4H3/b13-11+. The molecule has 0 N–H and O–H groups in total. The van der Waals surface area contributed by atoms with Crippen molar-refractivity contribution in [2.24, 2.45) is 0 Å². The maximum Gasteiger partial charge on any atom is 0.123 e. The lowest BCUT2D eigenvalue weighted by Crippen LogP contribution is -2.13. The lowest BCUT2D eigenvalue weighted by molar-refractivity contribution is 0.419. The number of hydrogen-bond donors (Lipinski definition) is 0. The predicted molar refractivity (Wildman–Crippen MR) is 76.6 cm³/mol. The summed E-state index contributed by atoms with van der Waals surface area (Å²) in [5.41, 5.74) is 3.38. The summed E-state index contributed by atoms with van der Waals surface area (Å²) < 4.78 is 13.3. The SMILES string of the molecule is C/C(P)=C(/CCN(C)C)c1cc(F)ccc1C.